The lowest BCUT2D eigenvalue weighted by atomic mass is 10.1. The quantitative estimate of drug-likeness (QED) is 0.426. The van der Waals surface area contributed by atoms with E-state index < -0.39 is 0 Å². The molecule has 156 valence electrons. The summed E-state index contributed by atoms with van der Waals surface area (Å²) in [7, 11) is 4.07. The van der Waals surface area contributed by atoms with Crippen LogP contribution in [0, 0.1) is 6.92 Å². The Kier molecular flexibility index (Phi) is 7.01. The Balaban J connectivity index is 1.71. The maximum absolute atomic E-state index is 5.94. The van der Waals surface area contributed by atoms with E-state index in [-0.39, 0.29) is 6.10 Å². The number of hydrogen-bond acceptors (Lipinski definition) is 6. The van der Waals surface area contributed by atoms with Gasteiger partial charge in [0.05, 0.1) is 11.8 Å². The van der Waals surface area contributed by atoms with Crippen molar-refractivity contribution in [2.24, 2.45) is 5.10 Å². The zero-order chi connectivity index (χ0) is 21.5. The third-order valence-electron chi connectivity index (χ3n) is 4.41. The molecule has 0 radical (unpaired) electrons. The number of hydrazone groups is 1. The number of rotatable bonds is 8. The first-order chi connectivity index (χ1) is 14.4. The fraction of sp³-hybridized carbons (Fsp3) is 0.292. The van der Waals surface area contributed by atoms with Crippen molar-refractivity contribution in [3.8, 4) is 17.0 Å². The molecule has 1 heterocycles. The van der Waals surface area contributed by atoms with Crippen molar-refractivity contribution in [2.45, 2.75) is 33.3 Å². The van der Waals surface area contributed by atoms with Gasteiger partial charge in [0, 0.05) is 44.0 Å². The Bertz CT molecular complexity index is 997. The van der Waals surface area contributed by atoms with Crippen LogP contribution >= 0.6 is 0 Å². The average Bonchev–Trinajstić information content (AvgIpc) is 2.71. The molecule has 3 aromatic rings. The van der Waals surface area contributed by atoms with Crippen LogP contribution in [0.4, 0.5) is 11.5 Å². The third kappa shape index (κ3) is 5.80. The summed E-state index contributed by atoms with van der Waals surface area (Å²) in [5, 5.41) is 4.33. The fourth-order valence-electron chi connectivity index (χ4n) is 2.99. The Labute approximate surface area is 178 Å². The molecule has 6 heteroatoms. The Morgan fingerprint density at radius 2 is 1.80 bits per heavy atom. The maximum Gasteiger partial charge on any atom is 0.150 e. The average molecular weight is 404 g/mol. The highest BCUT2D eigenvalue weighted by Crippen LogP contribution is 2.30. The predicted molar refractivity (Wildman–Crippen MR) is 125 cm³/mol. The molecule has 1 N–H and O–H groups in total. The lowest BCUT2D eigenvalue weighted by Gasteiger charge is -2.14. The summed E-state index contributed by atoms with van der Waals surface area (Å²) in [5.41, 5.74) is 7.14. The second-order valence-electron chi connectivity index (χ2n) is 7.54. The molecule has 0 unspecified atom stereocenters. The molecule has 0 atom stereocenters. The van der Waals surface area contributed by atoms with Gasteiger partial charge in [-0.2, -0.15) is 5.10 Å². The van der Waals surface area contributed by atoms with Crippen LogP contribution in [0.2, 0.25) is 0 Å². The van der Waals surface area contributed by atoms with Crippen LogP contribution in [0.3, 0.4) is 0 Å². The molecule has 0 aliphatic heterocycles. The number of hydrogen-bond donors (Lipinski definition) is 1. The van der Waals surface area contributed by atoms with E-state index in [2.05, 4.69) is 49.7 Å². The molecule has 30 heavy (non-hydrogen) atoms. The third-order valence-corrected chi connectivity index (χ3v) is 4.41. The lowest BCUT2D eigenvalue weighted by Crippen LogP contribution is -2.08. The number of benzene rings is 2. The first-order valence-corrected chi connectivity index (χ1v) is 10.1. The first-order valence-electron chi connectivity index (χ1n) is 10.1. The highest BCUT2D eigenvalue weighted by molar-refractivity contribution is 5.70. The molecule has 0 spiro atoms. The van der Waals surface area contributed by atoms with Crippen molar-refractivity contribution in [1.29, 1.82) is 0 Å². The van der Waals surface area contributed by atoms with E-state index in [9.17, 15) is 0 Å². The summed E-state index contributed by atoms with van der Waals surface area (Å²) >= 11 is 0. The van der Waals surface area contributed by atoms with Crippen molar-refractivity contribution >= 4 is 17.7 Å². The minimum Gasteiger partial charge on any atom is -0.490 e. The number of nitrogens with zero attached hydrogens (tertiary/aromatic N) is 4. The van der Waals surface area contributed by atoms with E-state index in [0.717, 1.165) is 23.4 Å². The summed E-state index contributed by atoms with van der Waals surface area (Å²) in [4.78, 5) is 11.1. The van der Waals surface area contributed by atoms with Crippen LogP contribution in [0.1, 0.15) is 25.2 Å². The van der Waals surface area contributed by atoms with Crippen LogP contribution in [-0.2, 0) is 6.42 Å². The van der Waals surface area contributed by atoms with Gasteiger partial charge in [0.25, 0.3) is 0 Å². The number of ether oxygens (including phenoxy) is 1. The van der Waals surface area contributed by atoms with Gasteiger partial charge in [-0.1, -0.05) is 24.3 Å². The summed E-state index contributed by atoms with van der Waals surface area (Å²) in [6, 6.07) is 18.2. The maximum atomic E-state index is 5.94. The number of aromatic nitrogens is 2. The molecule has 2 aromatic carbocycles. The molecule has 0 aliphatic carbocycles. The van der Waals surface area contributed by atoms with Gasteiger partial charge in [-0.05, 0) is 50.6 Å². The smallest absolute Gasteiger partial charge is 0.150 e. The lowest BCUT2D eigenvalue weighted by molar-refractivity contribution is 0.243. The van der Waals surface area contributed by atoms with E-state index in [4.69, 9.17) is 4.74 Å². The van der Waals surface area contributed by atoms with Crippen molar-refractivity contribution in [1.82, 2.24) is 9.97 Å². The monoisotopic (exact) mass is 403 g/mol. The van der Waals surface area contributed by atoms with Gasteiger partial charge in [-0.15, -0.1) is 0 Å². The molecule has 1 aromatic heterocycles. The van der Waals surface area contributed by atoms with Gasteiger partial charge in [0.15, 0.2) is 0 Å². The molecule has 3 rings (SSSR count). The van der Waals surface area contributed by atoms with Gasteiger partial charge in [-0.25, -0.2) is 9.97 Å². The van der Waals surface area contributed by atoms with Crippen molar-refractivity contribution < 1.29 is 4.74 Å². The van der Waals surface area contributed by atoms with E-state index in [1.807, 2.05) is 71.4 Å². The van der Waals surface area contributed by atoms with E-state index >= 15 is 0 Å². The molecule has 0 fully saturated rings. The highest BCUT2D eigenvalue weighted by Gasteiger charge is 2.11. The normalized spacial score (nSPS) is 11.1. The first kappa shape index (κ1) is 21.3. The number of para-hydroxylation sites is 1. The highest BCUT2D eigenvalue weighted by atomic mass is 16.5. The second-order valence-corrected chi connectivity index (χ2v) is 7.54. The molecular formula is C24H29N5O. The number of nitrogens with one attached hydrogen (secondary N) is 1. The van der Waals surface area contributed by atoms with Crippen LogP contribution in [-0.4, -0.2) is 36.4 Å². The van der Waals surface area contributed by atoms with Crippen molar-refractivity contribution in [3.63, 3.8) is 0 Å². The molecule has 0 amide bonds. The largest absolute Gasteiger partial charge is 0.490 e. The zero-order valence-electron chi connectivity index (χ0n) is 18.3. The summed E-state index contributed by atoms with van der Waals surface area (Å²) in [6.45, 7) is 5.89. The topological polar surface area (TPSA) is 62.6 Å². The second kappa shape index (κ2) is 9.87. The minimum atomic E-state index is 0.0862. The molecule has 0 saturated carbocycles. The number of anilines is 2. The Morgan fingerprint density at radius 3 is 2.50 bits per heavy atom. The van der Waals surface area contributed by atoms with Crippen molar-refractivity contribution in [3.05, 3.63) is 66.0 Å². The van der Waals surface area contributed by atoms with Gasteiger partial charge < -0.3 is 9.64 Å². The van der Waals surface area contributed by atoms with Gasteiger partial charge in [-0.3, -0.25) is 5.43 Å². The molecular weight excluding hydrogens is 374 g/mol. The standard InChI is InChI=1S/C24H29N5O/c1-17(2)30-23-9-7-6-8-21(23)22-16-24(27-18(3)26-22)28-25-15-14-19-10-12-20(13-11-19)29(4)5/h6-13,15-17H,14H2,1-5H3,(H,26,27,28). The van der Waals surface area contributed by atoms with E-state index in [1.54, 1.807) is 0 Å². The van der Waals surface area contributed by atoms with Crippen LogP contribution in [0.5, 0.6) is 5.75 Å². The Hall–Kier alpha value is -3.41. The van der Waals surface area contributed by atoms with Crippen LogP contribution in [0.25, 0.3) is 11.3 Å². The summed E-state index contributed by atoms with van der Waals surface area (Å²) < 4.78 is 5.94. The summed E-state index contributed by atoms with van der Waals surface area (Å²) in [6.07, 6.45) is 2.67. The number of aryl methyl sites for hydroxylation is 1. The Morgan fingerprint density at radius 1 is 1.07 bits per heavy atom. The molecule has 0 bridgehead atoms. The SMILES string of the molecule is Cc1nc(NN=CCc2ccc(N(C)C)cc2)cc(-c2ccccc2OC(C)C)n1. The molecule has 6 nitrogen and oxygen atoms in total. The molecule has 0 aliphatic rings. The van der Waals surface area contributed by atoms with Gasteiger partial charge in [0.1, 0.15) is 17.4 Å². The van der Waals surface area contributed by atoms with Crippen LogP contribution in [0.15, 0.2) is 59.7 Å². The van der Waals surface area contributed by atoms with E-state index in [1.165, 1.54) is 11.3 Å². The van der Waals surface area contributed by atoms with Gasteiger partial charge >= 0.3 is 0 Å². The zero-order valence-corrected chi connectivity index (χ0v) is 18.3. The molecule has 0 saturated heterocycles. The van der Waals surface area contributed by atoms with Crippen molar-refractivity contribution in [2.75, 3.05) is 24.4 Å². The van der Waals surface area contributed by atoms with Gasteiger partial charge in [0.2, 0.25) is 0 Å². The van der Waals surface area contributed by atoms with E-state index in [0.29, 0.717) is 11.6 Å². The van der Waals surface area contributed by atoms with Crippen LogP contribution < -0.4 is 15.1 Å². The fourth-order valence-corrected chi connectivity index (χ4v) is 2.99. The predicted octanol–water partition coefficient (Wildman–Crippen LogP) is 4.95. The minimum absolute atomic E-state index is 0.0862. The summed E-state index contributed by atoms with van der Waals surface area (Å²) in [5.74, 6) is 2.13.